The minimum absolute atomic E-state index is 0.0720. The highest BCUT2D eigenvalue weighted by atomic mass is 16.5. The average molecular weight is 272 g/mol. The summed E-state index contributed by atoms with van der Waals surface area (Å²) >= 11 is 0. The molecule has 0 spiro atoms. The maximum absolute atomic E-state index is 11.9. The topological polar surface area (TPSA) is 50.4 Å². The lowest BCUT2D eigenvalue weighted by Gasteiger charge is -2.25. The summed E-state index contributed by atoms with van der Waals surface area (Å²) in [4.78, 5) is 11.9. The van der Waals surface area contributed by atoms with E-state index in [-0.39, 0.29) is 18.0 Å². The monoisotopic (exact) mass is 272 g/mol. The minimum Gasteiger partial charge on any atom is -0.380 e. The summed E-state index contributed by atoms with van der Waals surface area (Å²) in [7, 11) is 0. The molecule has 19 heavy (non-hydrogen) atoms. The predicted molar refractivity (Wildman–Crippen MR) is 80.2 cm³/mol. The molecule has 0 aliphatic rings. The van der Waals surface area contributed by atoms with Crippen LogP contribution in [-0.4, -0.2) is 37.7 Å². The van der Waals surface area contributed by atoms with Gasteiger partial charge in [-0.05, 0) is 32.1 Å². The molecule has 1 amide bonds. The Morgan fingerprint density at radius 1 is 1.16 bits per heavy atom. The van der Waals surface area contributed by atoms with Gasteiger partial charge in [-0.15, -0.1) is 0 Å². The van der Waals surface area contributed by atoms with Gasteiger partial charge in [0.25, 0.3) is 0 Å². The first-order valence-corrected chi connectivity index (χ1v) is 7.49. The zero-order valence-electron chi connectivity index (χ0n) is 13.5. The van der Waals surface area contributed by atoms with E-state index in [9.17, 15) is 4.79 Å². The summed E-state index contributed by atoms with van der Waals surface area (Å²) in [5, 5.41) is 6.32. The van der Waals surface area contributed by atoms with Crippen LogP contribution in [0.1, 0.15) is 48.0 Å². The molecule has 0 heterocycles. The molecule has 4 nitrogen and oxygen atoms in total. The first-order valence-electron chi connectivity index (χ1n) is 7.49. The Hall–Kier alpha value is -0.610. The molecule has 0 rings (SSSR count). The van der Waals surface area contributed by atoms with Gasteiger partial charge < -0.3 is 15.4 Å². The number of nitrogens with one attached hydrogen (secondary N) is 2. The van der Waals surface area contributed by atoms with Gasteiger partial charge in [0, 0.05) is 19.2 Å². The molecule has 0 fully saturated rings. The molecule has 4 heteroatoms. The van der Waals surface area contributed by atoms with Crippen molar-refractivity contribution in [3.8, 4) is 0 Å². The van der Waals surface area contributed by atoms with Crippen LogP contribution in [-0.2, 0) is 9.53 Å². The van der Waals surface area contributed by atoms with E-state index in [1.165, 1.54) is 0 Å². The third kappa shape index (κ3) is 9.00. The van der Waals surface area contributed by atoms with E-state index in [1.807, 2.05) is 13.8 Å². The van der Waals surface area contributed by atoms with Gasteiger partial charge in [0.05, 0.1) is 12.6 Å². The van der Waals surface area contributed by atoms with Gasteiger partial charge in [-0.3, -0.25) is 4.79 Å². The fourth-order valence-electron chi connectivity index (χ4n) is 1.71. The third-order valence-corrected chi connectivity index (χ3v) is 3.18. The van der Waals surface area contributed by atoms with Crippen molar-refractivity contribution in [1.29, 1.82) is 0 Å². The number of carbonyl (C=O) groups is 1. The summed E-state index contributed by atoms with van der Waals surface area (Å²) < 4.78 is 5.46. The van der Waals surface area contributed by atoms with E-state index in [1.54, 1.807) is 0 Å². The summed E-state index contributed by atoms with van der Waals surface area (Å²) in [6.07, 6.45) is 1.02. The molecule has 2 N–H and O–H groups in total. The van der Waals surface area contributed by atoms with Gasteiger partial charge in [0.1, 0.15) is 0 Å². The molecule has 2 atom stereocenters. The second-order valence-corrected chi connectivity index (χ2v) is 5.87. The highest BCUT2D eigenvalue weighted by Gasteiger charge is 2.20. The highest BCUT2D eigenvalue weighted by molar-refractivity contribution is 5.81. The lowest BCUT2D eigenvalue weighted by Crippen LogP contribution is -2.50. The average Bonchev–Trinajstić information content (AvgIpc) is 2.33. The Bertz CT molecular complexity index is 242. The quantitative estimate of drug-likeness (QED) is 0.641. The van der Waals surface area contributed by atoms with Crippen molar-refractivity contribution in [1.82, 2.24) is 10.6 Å². The van der Waals surface area contributed by atoms with Crippen molar-refractivity contribution in [2.24, 2.45) is 11.8 Å². The van der Waals surface area contributed by atoms with E-state index in [0.29, 0.717) is 25.0 Å². The minimum atomic E-state index is -0.181. The SMILES string of the molecule is CCOCC(NC(C)C(=O)NCCC(C)C)C(C)C. The van der Waals surface area contributed by atoms with Crippen LogP contribution in [0, 0.1) is 11.8 Å². The molecule has 0 bridgehead atoms. The lowest BCUT2D eigenvalue weighted by molar-refractivity contribution is -0.123. The Balaban J connectivity index is 4.08. The van der Waals surface area contributed by atoms with E-state index in [4.69, 9.17) is 4.74 Å². The first kappa shape index (κ1) is 18.4. The zero-order valence-corrected chi connectivity index (χ0v) is 13.5. The molecule has 0 aromatic carbocycles. The Kier molecular flexibility index (Phi) is 9.88. The normalized spacial score (nSPS) is 14.7. The van der Waals surface area contributed by atoms with Crippen LogP contribution in [0.4, 0.5) is 0 Å². The summed E-state index contributed by atoms with van der Waals surface area (Å²) in [5.41, 5.74) is 0. The standard InChI is InChI=1S/C15H32N2O2/c1-7-19-10-14(12(4)5)17-13(6)15(18)16-9-8-11(2)3/h11-14,17H,7-10H2,1-6H3,(H,16,18). The van der Waals surface area contributed by atoms with E-state index < -0.39 is 0 Å². The second-order valence-electron chi connectivity index (χ2n) is 5.87. The largest absolute Gasteiger partial charge is 0.380 e. The summed E-state index contributed by atoms with van der Waals surface area (Å²) in [5.74, 6) is 1.13. The van der Waals surface area contributed by atoms with E-state index in [2.05, 4.69) is 38.3 Å². The van der Waals surface area contributed by atoms with Crippen molar-refractivity contribution >= 4 is 5.91 Å². The molecule has 0 aliphatic carbocycles. The molecule has 2 unspecified atom stereocenters. The van der Waals surface area contributed by atoms with Crippen LogP contribution in [0.3, 0.4) is 0 Å². The first-order chi connectivity index (χ1) is 8.88. The van der Waals surface area contributed by atoms with Gasteiger partial charge in [-0.2, -0.15) is 0 Å². The molecule has 0 saturated carbocycles. The van der Waals surface area contributed by atoms with Gasteiger partial charge in [0.15, 0.2) is 0 Å². The smallest absolute Gasteiger partial charge is 0.236 e. The fraction of sp³-hybridized carbons (Fsp3) is 0.933. The molecular weight excluding hydrogens is 240 g/mol. The summed E-state index contributed by atoms with van der Waals surface area (Å²) in [6, 6.07) is 0.0332. The Morgan fingerprint density at radius 3 is 2.26 bits per heavy atom. The number of ether oxygens (including phenoxy) is 1. The number of amides is 1. The number of carbonyl (C=O) groups excluding carboxylic acids is 1. The van der Waals surface area contributed by atoms with Gasteiger partial charge in [-0.25, -0.2) is 0 Å². The number of hydrogen-bond donors (Lipinski definition) is 2. The Morgan fingerprint density at radius 2 is 1.79 bits per heavy atom. The lowest BCUT2D eigenvalue weighted by atomic mass is 10.0. The maximum atomic E-state index is 11.9. The van der Waals surface area contributed by atoms with Crippen molar-refractivity contribution < 1.29 is 9.53 Å². The van der Waals surface area contributed by atoms with Crippen molar-refractivity contribution in [2.45, 2.75) is 60.0 Å². The van der Waals surface area contributed by atoms with Crippen LogP contribution in [0.15, 0.2) is 0 Å². The summed E-state index contributed by atoms with van der Waals surface area (Å²) in [6.45, 7) is 14.6. The maximum Gasteiger partial charge on any atom is 0.236 e. The Labute approximate surface area is 118 Å². The fourth-order valence-corrected chi connectivity index (χ4v) is 1.71. The number of hydrogen-bond acceptors (Lipinski definition) is 3. The highest BCUT2D eigenvalue weighted by Crippen LogP contribution is 2.04. The van der Waals surface area contributed by atoms with Crippen molar-refractivity contribution in [2.75, 3.05) is 19.8 Å². The molecule has 0 aliphatic heterocycles. The molecular formula is C15H32N2O2. The molecule has 0 radical (unpaired) electrons. The molecule has 114 valence electrons. The molecule has 0 aromatic heterocycles. The predicted octanol–water partition coefficient (Wildman–Crippen LogP) is 2.19. The molecule has 0 saturated heterocycles. The molecule has 0 aromatic rings. The van der Waals surface area contributed by atoms with Crippen LogP contribution >= 0.6 is 0 Å². The zero-order chi connectivity index (χ0) is 14.8. The van der Waals surface area contributed by atoms with E-state index >= 15 is 0 Å². The van der Waals surface area contributed by atoms with Gasteiger partial charge >= 0.3 is 0 Å². The van der Waals surface area contributed by atoms with Gasteiger partial charge in [0.2, 0.25) is 5.91 Å². The van der Waals surface area contributed by atoms with E-state index in [0.717, 1.165) is 13.0 Å². The van der Waals surface area contributed by atoms with Crippen molar-refractivity contribution in [3.05, 3.63) is 0 Å². The van der Waals surface area contributed by atoms with Gasteiger partial charge in [-0.1, -0.05) is 27.7 Å². The van der Waals surface area contributed by atoms with Crippen molar-refractivity contribution in [3.63, 3.8) is 0 Å². The van der Waals surface area contributed by atoms with Crippen LogP contribution < -0.4 is 10.6 Å². The number of rotatable bonds is 10. The van der Waals surface area contributed by atoms with Crippen LogP contribution in [0.5, 0.6) is 0 Å². The van der Waals surface area contributed by atoms with Crippen LogP contribution in [0.2, 0.25) is 0 Å². The second kappa shape index (κ2) is 10.2. The van der Waals surface area contributed by atoms with Crippen LogP contribution in [0.25, 0.3) is 0 Å². The third-order valence-electron chi connectivity index (χ3n) is 3.18.